The van der Waals surface area contributed by atoms with Crippen LogP contribution in [0.3, 0.4) is 0 Å². The first kappa shape index (κ1) is 22.0. The normalized spacial score (nSPS) is 26.7. The zero-order valence-electron chi connectivity index (χ0n) is 17.7. The van der Waals surface area contributed by atoms with Crippen molar-refractivity contribution in [1.82, 2.24) is 15.5 Å². The van der Waals surface area contributed by atoms with Gasteiger partial charge in [0.1, 0.15) is 6.54 Å². The highest BCUT2D eigenvalue weighted by molar-refractivity contribution is 7.91. The van der Waals surface area contributed by atoms with E-state index in [4.69, 9.17) is 0 Å². The number of sulfone groups is 1. The minimum atomic E-state index is -3.21. The zero-order chi connectivity index (χ0) is 23.0. The van der Waals surface area contributed by atoms with E-state index in [1.165, 1.54) is 0 Å². The SMILES string of the molecule is C[C@@]1(NC(=O)CN2C(=O)N[C@](Cc3ccccc3)(c3ccccc3)C2=O)CCS(=O)(=O)C1. The summed E-state index contributed by atoms with van der Waals surface area (Å²) in [5.41, 5.74) is -0.755. The van der Waals surface area contributed by atoms with E-state index in [9.17, 15) is 22.8 Å². The molecular weight excluding hydrogens is 430 g/mol. The van der Waals surface area contributed by atoms with Crippen molar-refractivity contribution in [3.63, 3.8) is 0 Å². The number of benzene rings is 2. The van der Waals surface area contributed by atoms with Gasteiger partial charge < -0.3 is 10.6 Å². The van der Waals surface area contributed by atoms with Gasteiger partial charge in [-0.1, -0.05) is 60.7 Å². The fourth-order valence-electron chi connectivity index (χ4n) is 4.44. The summed E-state index contributed by atoms with van der Waals surface area (Å²) >= 11 is 0. The molecule has 2 heterocycles. The molecule has 4 amide bonds. The molecule has 2 N–H and O–H groups in total. The third-order valence-corrected chi connectivity index (χ3v) is 7.90. The highest BCUT2D eigenvalue weighted by Gasteiger charge is 2.53. The van der Waals surface area contributed by atoms with Crippen LogP contribution in [0.4, 0.5) is 4.79 Å². The molecule has 0 unspecified atom stereocenters. The molecule has 0 aliphatic carbocycles. The molecule has 0 saturated carbocycles. The first-order valence-corrected chi connectivity index (χ1v) is 12.2. The largest absolute Gasteiger partial charge is 0.348 e. The van der Waals surface area contributed by atoms with Gasteiger partial charge in [0.2, 0.25) is 5.91 Å². The van der Waals surface area contributed by atoms with Crippen LogP contribution in [0.1, 0.15) is 24.5 Å². The monoisotopic (exact) mass is 455 g/mol. The molecule has 168 valence electrons. The molecule has 2 aliphatic heterocycles. The van der Waals surface area contributed by atoms with Crippen LogP contribution < -0.4 is 10.6 Å². The van der Waals surface area contributed by atoms with E-state index in [0.29, 0.717) is 12.0 Å². The number of carbonyl (C=O) groups excluding carboxylic acids is 3. The van der Waals surface area contributed by atoms with Gasteiger partial charge in [0.25, 0.3) is 5.91 Å². The Morgan fingerprint density at radius 2 is 1.69 bits per heavy atom. The fraction of sp³-hybridized carbons (Fsp3) is 0.348. The van der Waals surface area contributed by atoms with Crippen LogP contribution in [-0.2, 0) is 31.4 Å². The van der Waals surface area contributed by atoms with Crippen molar-refractivity contribution in [3.8, 4) is 0 Å². The van der Waals surface area contributed by atoms with Gasteiger partial charge in [-0.25, -0.2) is 13.2 Å². The molecule has 2 saturated heterocycles. The third kappa shape index (κ3) is 4.25. The van der Waals surface area contributed by atoms with E-state index in [2.05, 4.69) is 10.6 Å². The summed E-state index contributed by atoms with van der Waals surface area (Å²) in [4.78, 5) is 40.0. The molecule has 0 spiro atoms. The van der Waals surface area contributed by atoms with Gasteiger partial charge in [0, 0.05) is 6.42 Å². The van der Waals surface area contributed by atoms with Crippen molar-refractivity contribution >= 4 is 27.7 Å². The van der Waals surface area contributed by atoms with Gasteiger partial charge in [0.15, 0.2) is 15.4 Å². The number of amides is 4. The van der Waals surface area contributed by atoms with Crippen LogP contribution in [0.25, 0.3) is 0 Å². The number of nitrogens with one attached hydrogen (secondary N) is 2. The molecule has 2 aromatic rings. The van der Waals surface area contributed by atoms with Gasteiger partial charge in [-0.2, -0.15) is 0 Å². The maximum Gasteiger partial charge on any atom is 0.325 e. The van der Waals surface area contributed by atoms with Gasteiger partial charge in [0.05, 0.1) is 17.0 Å². The van der Waals surface area contributed by atoms with Crippen LogP contribution in [0, 0.1) is 0 Å². The highest BCUT2D eigenvalue weighted by atomic mass is 32.2. The van der Waals surface area contributed by atoms with E-state index >= 15 is 0 Å². The molecule has 2 aromatic carbocycles. The topological polar surface area (TPSA) is 113 Å². The minimum Gasteiger partial charge on any atom is -0.348 e. The Kier molecular flexibility index (Phi) is 5.54. The zero-order valence-corrected chi connectivity index (χ0v) is 18.5. The molecule has 2 fully saturated rings. The lowest BCUT2D eigenvalue weighted by Crippen LogP contribution is -2.51. The fourth-order valence-corrected chi connectivity index (χ4v) is 6.53. The van der Waals surface area contributed by atoms with E-state index in [-0.39, 0.29) is 17.9 Å². The predicted molar refractivity (Wildman–Crippen MR) is 118 cm³/mol. The maximum absolute atomic E-state index is 13.6. The second kappa shape index (κ2) is 8.05. The molecule has 0 bridgehead atoms. The Labute approximate surface area is 186 Å². The Morgan fingerprint density at radius 3 is 2.28 bits per heavy atom. The van der Waals surface area contributed by atoms with Gasteiger partial charge in [-0.15, -0.1) is 0 Å². The predicted octanol–water partition coefficient (Wildman–Crippen LogP) is 1.37. The summed E-state index contributed by atoms with van der Waals surface area (Å²) in [5.74, 6) is -1.25. The van der Waals surface area contributed by atoms with Crippen molar-refractivity contribution < 1.29 is 22.8 Å². The van der Waals surface area contributed by atoms with E-state index < -0.39 is 45.3 Å². The number of carbonyl (C=O) groups is 3. The molecule has 32 heavy (non-hydrogen) atoms. The van der Waals surface area contributed by atoms with Crippen LogP contribution >= 0.6 is 0 Å². The average Bonchev–Trinajstić information content (AvgIpc) is 3.16. The average molecular weight is 456 g/mol. The Hall–Kier alpha value is -3.20. The Morgan fingerprint density at radius 1 is 1.06 bits per heavy atom. The van der Waals surface area contributed by atoms with E-state index in [1.807, 2.05) is 36.4 Å². The highest BCUT2D eigenvalue weighted by Crippen LogP contribution is 2.33. The van der Waals surface area contributed by atoms with Crippen LogP contribution in [0.2, 0.25) is 0 Å². The number of imide groups is 1. The van der Waals surface area contributed by atoms with Crippen molar-refractivity contribution in [2.24, 2.45) is 0 Å². The summed E-state index contributed by atoms with van der Waals surface area (Å²) in [5, 5.41) is 5.52. The lowest BCUT2D eigenvalue weighted by molar-refractivity contribution is -0.135. The van der Waals surface area contributed by atoms with Crippen molar-refractivity contribution in [2.45, 2.75) is 30.8 Å². The standard InChI is InChI=1S/C23H25N3O5S/c1-22(12-13-32(30,31)16-22)24-19(27)15-26-20(28)23(25-21(26)29,18-10-6-3-7-11-18)14-17-8-4-2-5-9-17/h2-11H,12-16H2,1H3,(H,24,27)(H,25,29)/t22-,23-/m1/s1. The molecule has 4 rings (SSSR count). The lowest BCUT2D eigenvalue weighted by Gasteiger charge is -2.28. The lowest BCUT2D eigenvalue weighted by atomic mass is 9.83. The van der Waals surface area contributed by atoms with Gasteiger partial charge in [-0.05, 0) is 24.5 Å². The van der Waals surface area contributed by atoms with Gasteiger partial charge >= 0.3 is 6.03 Å². The molecule has 2 aliphatic rings. The summed E-state index contributed by atoms with van der Waals surface area (Å²) in [6.07, 6.45) is 0.527. The number of hydrogen-bond donors (Lipinski definition) is 2. The quantitative estimate of drug-likeness (QED) is 0.639. The van der Waals surface area contributed by atoms with Crippen molar-refractivity contribution in [1.29, 1.82) is 0 Å². The van der Waals surface area contributed by atoms with E-state index in [1.54, 1.807) is 31.2 Å². The van der Waals surface area contributed by atoms with Crippen molar-refractivity contribution in [2.75, 3.05) is 18.1 Å². The Balaban J connectivity index is 1.58. The summed E-state index contributed by atoms with van der Waals surface area (Å²) in [6.45, 7) is 1.18. The second-order valence-electron chi connectivity index (χ2n) is 8.71. The van der Waals surface area contributed by atoms with E-state index in [0.717, 1.165) is 10.5 Å². The first-order valence-electron chi connectivity index (χ1n) is 10.4. The number of hydrogen-bond acceptors (Lipinski definition) is 5. The Bertz CT molecular complexity index is 1150. The molecule has 0 aromatic heterocycles. The second-order valence-corrected chi connectivity index (χ2v) is 10.9. The summed E-state index contributed by atoms with van der Waals surface area (Å²) < 4.78 is 23.6. The summed E-state index contributed by atoms with van der Waals surface area (Å²) in [6, 6.07) is 17.6. The summed E-state index contributed by atoms with van der Waals surface area (Å²) in [7, 11) is -3.21. The number of urea groups is 1. The van der Waals surface area contributed by atoms with Crippen LogP contribution in [0.15, 0.2) is 60.7 Å². The maximum atomic E-state index is 13.6. The molecule has 9 heteroatoms. The molecular formula is C23H25N3O5S. The molecule has 2 atom stereocenters. The minimum absolute atomic E-state index is 0.00110. The first-order chi connectivity index (χ1) is 15.1. The number of nitrogens with zero attached hydrogens (tertiary/aromatic N) is 1. The van der Waals surface area contributed by atoms with Crippen molar-refractivity contribution in [3.05, 3.63) is 71.8 Å². The van der Waals surface area contributed by atoms with Crippen LogP contribution in [-0.4, -0.2) is 54.8 Å². The smallest absolute Gasteiger partial charge is 0.325 e. The molecule has 0 radical (unpaired) electrons. The molecule has 8 nitrogen and oxygen atoms in total. The number of rotatable bonds is 6. The van der Waals surface area contributed by atoms with Crippen LogP contribution in [0.5, 0.6) is 0 Å². The van der Waals surface area contributed by atoms with Gasteiger partial charge in [-0.3, -0.25) is 14.5 Å². The third-order valence-electron chi connectivity index (χ3n) is 6.00.